The molecule has 4 rings (SSSR count). The van der Waals surface area contributed by atoms with Gasteiger partial charge in [0, 0.05) is 18.1 Å². The molecule has 1 aromatic carbocycles. The van der Waals surface area contributed by atoms with Crippen molar-refractivity contribution < 1.29 is 18.3 Å². The zero-order valence-corrected chi connectivity index (χ0v) is 17.6. The molecule has 1 aliphatic rings. The second-order valence-corrected chi connectivity index (χ2v) is 8.23. The summed E-state index contributed by atoms with van der Waals surface area (Å²) in [7, 11) is -3.70. The number of aromatic nitrogens is 3. The van der Waals surface area contributed by atoms with Crippen molar-refractivity contribution in [2.75, 3.05) is 31.6 Å². The summed E-state index contributed by atoms with van der Waals surface area (Å²) in [4.78, 5) is 11.4. The number of aromatic amines is 1. The first-order chi connectivity index (χ1) is 13.9. The molecule has 0 atom stereocenters. The van der Waals surface area contributed by atoms with E-state index >= 15 is 0 Å². The monoisotopic (exact) mass is 439 g/mol. The standard InChI is InChI=1S/C16H16ClN5O4S.C2H6/c17-10-1-3-13(23)12(9-10)19-16-18-11-2-4-14(20-15(11)21-16)27(24,25)22-5-7-26-8-6-22;1-2/h1-4,9,23H,5-8H2,(H2,18,19,20,21);1-2H3. The average molecular weight is 440 g/mol. The molecule has 3 aromatic rings. The molecule has 0 saturated carbocycles. The third-order valence-electron chi connectivity index (χ3n) is 4.11. The van der Waals surface area contributed by atoms with Crippen LogP contribution in [0.25, 0.3) is 11.2 Å². The molecule has 3 heterocycles. The molecule has 29 heavy (non-hydrogen) atoms. The number of phenolic OH excluding ortho intramolecular Hbond substituents is 1. The molecule has 2 aromatic heterocycles. The second-order valence-electron chi connectivity index (χ2n) is 5.91. The molecule has 1 saturated heterocycles. The van der Waals surface area contributed by atoms with E-state index in [0.717, 1.165) is 0 Å². The number of benzene rings is 1. The lowest BCUT2D eigenvalue weighted by Crippen LogP contribution is -2.40. The number of halogens is 1. The molecule has 9 nitrogen and oxygen atoms in total. The maximum absolute atomic E-state index is 12.7. The van der Waals surface area contributed by atoms with E-state index in [1.165, 1.54) is 16.4 Å². The maximum Gasteiger partial charge on any atom is 0.260 e. The van der Waals surface area contributed by atoms with Crippen molar-refractivity contribution in [3.63, 3.8) is 0 Å². The van der Waals surface area contributed by atoms with E-state index in [1.807, 2.05) is 13.8 Å². The number of anilines is 2. The SMILES string of the molecule is CC.O=S(=O)(c1ccc2[nH]c(Nc3cc(Cl)ccc3O)nc2n1)N1CCOCC1. The minimum Gasteiger partial charge on any atom is -0.506 e. The highest BCUT2D eigenvalue weighted by Gasteiger charge is 2.28. The van der Waals surface area contributed by atoms with Crippen LogP contribution in [-0.2, 0) is 14.8 Å². The van der Waals surface area contributed by atoms with Gasteiger partial charge in [0.15, 0.2) is 10.7 Å². The highest BCUT2D eigenvalue weighted by atomic mass is 35.5. The number of morpholine rings is 1. The van der Waals surface area contributed by atoms with Gasteiger partial charge in [0.2, 0.25) is 5.95 Å². The Labute approximate surface area is 173 Å². The quantitative estimate of drug-likeness (QED) is 0.534. The minimum absolute atomic E-state index is 0.00315. The van der Waals surface area contributed by atoms with Crippen molar-refractivity contribution in [2.24, 2.45) is 0 Å². The van der Waals surface area contributed by atoms with Crippen LogP contribution in [0.15, 0.2) is 35.4 Å². The van der Waals surface area contributed by atoms with Gasteiger partial charge in [-0.1, -0.05) is 25.4 Å². The topological polar surface area (TPSA) is 120 Å². The van der Waals surface area contributed by atoms with Crippen molar-refractivity contribution >= 4 is 44.4 Å². The van der Waals surface area contributed by atoms with Crippen molar-refractivity contribution in [3.05, 3.63) is 35.4 Å². The van der Waals surface area contributed by atoms with Crippen molar-refractivity contribution in [3.8, 4) is 5.75 Å². The first-order valence-electron chi connectivity index (χ1n) is 9.14. The number of imidazole rings is 1. The summed E-state index contributed by atoms with van der Waals surface area (Å²) in [5.74, 6) is 0.305. The number of rotatable bonds is 4. The van der Waals surface area contributed by atoms with Gasteiger partial charge in [0.1, 0.15) is 5.75 Å². The number of H-pyrrole nitrogens is 1. The normalized spacial score (nSPS) is 15.0. The summed E-state index contributed by atoms with van der Waals surface area (Å²) < 4.78 is 32.0. The summed E-state index contributed by atoms with van der Waals surface area (Å²) in [6.07, 6.45) is 0. The van der Waals surface area contributed by atoms with Gasteiger partial charge < -0.3 is 20.1 Å². The van der Waals surface area contributed by atoms with Crippen LogP contribution in [0.4, 0.5) is 11.6 Å². The summed E-state index contributed by atoms with van der Waals surface area (Å²) in [6.45, 7) is 5.31. The number of nitrogens with zero attached hydrogens (tertiary/aromatic N) is 3. The van der Waals surface area contributed by atoms with Crippen LogP contribution in [0.3, 0.4) is 0 Å². The Kier molecular flexibility index (Phi) is 6.58. The van der Waals surface area contributed by atoms with Gasteiger partial charge in [-0.05, 0) is 30.3 Å². The molecule has 0 amide bonds. The predicted molar refractivity (Wildman–Crippen MR) is 111 cm³/mol. The van der Waals surface area contributed by atoms with E-state index in [0.29, 0.717) is 48.5 Å². The lowest BCUT2D eigenvalue weighted by atomic mass is 10.3. The molecular formula is C18H22ClN5O4S. The molecule has 156 valence electrons. The Morgan fingerprint density at radius 3 is 2.62 bits per heavy atom. The smallest absolute Gasteiger partial charge is 0.260 e. The summed E-state index contributed by atoms with van der Waals surface area (Å²) in [5.41, 5.74) is 1.16. The Bertz CT molecular complexity index is 1100. The lowest BCUT2D eigenvalue weighted by Gasteiger charge is -2.25. The van der Waals surface area contributed by atoms with Gasteiger partial charge in [-0.2, -0.15) is 9.29 Å². The number of pyridine rings is 1. The van der Waals surface area contributed by atoms with Gasteiger partial charge in [-0.3, -0.25) is 0 Å². The summed E-state index contributed by atoms with van der Waals surface area (Å²) in [5, 5.41) is 13.2. The molecule has 11 heteroatoms. The van der Waals surface area contributed by atoms with E-state index in [-0.39, 0.29) is 16.4 Å². The molecule has 0 unspecified atom stereocenters. The van der Waals surface area contributed by atoms with Crippen molar-refractivity contribution in [1.82, 2.24) is 19.3 Å². The summed E-state index contributed by atoms with van der Waals surface area (Å²) in [6, 6.07) is 7.60. The fourth-order valence-electron chi connectivity index (χ4n) is 2.73. The number of phenols is 1. The molecule has 0 bridgehead atoms. The molecule has 0 aliphatic carbocycles. The number of aromatic hydroxyl groups is 1. The number of nitrogens with one attached hydrogen (secondary N) is 2. The number of sulfonamides is 1. The number of fused-ring (bicyclic) bond motifs is 1. The van der Waals surface area contributed by atoms with Crippen LogP contribution in [0.2, 0.25) is 5.02 Å². The molecule has 3 N–H and O–H groups in total. The fourth-order valence-corrected chi connectivity index (χ4v) is 4.24. The van der Waals surface area contributed by atoms with Gasteiger partial charge in [-0.15, -0.1) is 0 Å². The van der Waals surface area contributed by atoms with Crippen LogP contribution < -0.4 is 5.32 Å². The highest BCUT2D eigenvalue weighted by Crippen LogP contribution is 2.29. The Balaban J connectivity index is 0.00000117. The molecule has 1 fully saturated rings. The van der Waals surface area contributed by atoms with Crippen molar-refractivity contribution in [2.45, 2.75) is 18.9 Å². The van der Waals surface area contributed by atoms with Gasteiger partial charge in [0.05, 0.1) is 24.4 Å². The van der Waals surface area contributed by atoms with Gasteiger partial charge >= 0.3 is 0 Å². The zero-order valence-electron chi connectivity index (χ0n) is 16.0. The van der Waals surface area contributed by atoms with Crippen molar-refractivity contribution in [1.29, 1.82) is 0 Å². The van der Waals surface area contributed by atoms with Gasteiger partial charge in [-0.25, -0.2) is 13.4 Å². The van der Waals surface area contributed by atoms with Crippen LogP contribution in [0.1, 0.15) is 13.8 Å². The Morgan fingerprint density at radius 1 is 1.17 bits per heavy atom. The average Bonchev–Trinajstić information content (AvgIpc) is 3.14. The van der Waals surface area contributed by atoms with E-state index in [4.69, 9.17) is 16.3 Å². The predicted octanol–water partition coefficient (Wildman–Crippen LogP) is 3.11. The molecule has 1 aliphatic heterocycles. The van der Waals surface area contributed by atoms with E-state index in [1.54, 1.807) is 18.2 Å². The first kappa shape index (κ1) is 21.3. The zero-order chi connectivity index (χ0) is 21.0. The summed E-state index contributed by atoms with van der Waals surface area (Å²) >= 11 is 5.93. The van der Waals surface area contributed by atoms with E-state index in [9.17, 15) is 13.5 Å². The number of hydrogen-bond donors (Lipinski definition) is 3. The first-order valence-corrected chi connectivity index (χ1v) is 11.0. The van der Waals surface area contributed by atoms with E-state index in [2.05, 4.69) is 20.3 Å². The Morgan fingerprint density at radius 2 is 1.90 bits per heavy atom. The highest BCUT2D eigenvalue weighted by molar-refractivity contribution is 7.89. The third kappa shape index (κ3) is 4.61. The van der Waals surface area contributed by atoms with Crippen LogP contribution in [0.5, 0.6) is 5.75 Å². The molecule has 0 radical (unpaired) electrons. The van der Waals surface area contributed by atoms with Gasteiger partial charge in [0.25, 0.3) is 10.0 Å². The number of ether oxygens (including phenoxy) is 1. The molecule has 0 spiro atoms. The second kappa shape index (κ2) is 8.95. The Hall–Kier alpha value is -2.40. The van der Waals surface area contributed by atoms with E-state index < -0.39 is 10.0 Å². The van der Waals surface area contributed by atoms with Crippen LogP contribution in [-0.4, -0.2) is 59.1 Å². The lowest BCUT2D eigenvalue weighted by molar-refractivity contribution is 0.0729. The van der Waals surface area contributed by atoms with Crippen LogP contribution in [0, 0.1) is 0 Å². The van der Waals surface area contributed by atoms with Crippen LogP contribution >= 0.6 is 11.6 Å². The fraction of sp³-hybridized carbons (Fsp3) is 0.333. The maximum atomic E-state index is 12.7. The largest absolute Gasteiger partial charge is 0.506 e. The molecular weight excluding hydrogens is 418 g/mol. The number of hydrogen-bond acceptors (Lipinski definition) is 7. The minimum atomic E-state index is -3.70. The third-order valence-corrected chi connectivity index (χ3v) is 6.14.